The number of hydrogen-bond donors (Lipinski definition) is 0. The smallest absolute Gasteiger partial charge is 0.418 e. The average molecular weight is 265 g/mol. The fourth-order valence-corrected chi connectivity index (χ4v) is 1.87. The number of fused-ring (bicyclic) bond motifs is 1. The number of nitrogens with zero attached hydrogens (tertiary/aromatic N) is 1. The van der Waals surface area contributed by atoms with Gasteiger partial charge in [0.25, 0.3) is 0 Å². The van der Waals surface area contributed by atoms with E-state index < -0.39 is 17.5 Å². The standard InChI is InChI=1S/C14H16FNO3/c1-14(2,3)19-10-7-9-5-6-16(13(17)18-4)12(9)11(15)8-10/h5-8H,1-4H3. The van der Waals surface area contributed by atoms with E-state index in [4.69, 9.17) is 4.74 Å². The molecule has 0 saturated heterocycles. The number of ether oxygens (including phenoxy) is 2. The molecule has 0 amide bonds. The van der Waals surface area contributed by atoms with Gasteiger partial charge in [0, 0.05) is 17.6 Å². The molecule has 0 aliphatic carbocycles. The molecule has 0 atom stereocenters. The monoisotopic (exact) mass is 265 g/mol. The number of carbonyl (C=O) groups excluding carboxylic acids is 1. The van der Waals surface area contributed by atoms with Crippen LogP contribution in [0.1, 0.15) is 20.8 Å². The molecular weight excluding hydrogens is 249 g/mol. The Morgan fingerprint density at radius 3 is 2.58 bits per heavy atom. The predicted octanol–water partition coefficient (Wildman–Crippen LogP) is 3.57. The van der Waals surface area contributed by atoms with Gasteiger partial charge in [0.1, 0.15) is 11.4 Å². The van der Waals surface area contributed by atoms with Crippen LogP contribution >= 0.6 is 0 Å². The van der Waals surface area contributed by atoms with Crippen LogP contribution in [0.4, 0.5) is 9.18 Å². The highest BCUT2D eigenvalue weighted by Crippen LogP contribution is 2.27. The van der Waals surface area contributed by atoms with Gasteiger partial charge in [-0.3, -0.25) is 0 Å². The summed E-state index contributed by atoms with van der Waals surface area (Å²) in [5, 5.41) is 0.588. The van der Waals surface area contributed by atoms with Crippen molar-refractivity contribution in [3.63, 3.8) is 0 Å². The van der Waals surface area contributed by atoms with Crippen molar-refractivity contribution in [2.75, 3.05) is 7.11 Å². The molecule has 0 bridgehead atoms. The summed E-state index contributed by atoms with van der Waals surface area (Å²) in [5.74, 6) is -0.0905. The third-order valence-corrected chi connectivity index (χ3v) is 2.51. The molecule has 102 valence electrons. The molecule has 1 aromatic carbocycles. The average Bonchev–Trinajstić information content (AvgIpc) is 2.69. The number of benzene rings is 1. The minimum atomic E-state index is -0.626. The van der Waals surface area contributed by atoms with Crippen molar-refractivity contribution in [1.82, 2.24) is 4.57 Å². The molecular formula is C14H16FNO3. The molecule has 0 aliphatic rings. The lowest BCUT2D eigenvalue weighted by atomic mass is 10.2. The first-order valence-corrected chi connectivity index (χ1v) is 5.90. The number of methoxy groups -OCH3 is 1. The minimum absolute atomic E-state index is 0.188. The Hall–Kier alpha value is -2.04. The normalized spacial score (nSPS) is 11.6. The first-order valence-electron chi connectivity index (χ1n) is 5.90. The fourth-order valence-electron chi connectivity index (χ4n) is 1.87. The molecule has 5 heteroatoms. The Bertz CT molecular complexity index is 625. The van der Waals surface area contributed by atoms with Crippen molar-refractivity contribution in [2.24, 2.45) is 0 Å². The molecule has 0 aliphatic heterocycles. The molecule has 19 heavy (non-hydrogen) atoms. The minimum Gasteiger partial charge on any atom is -0.488 e. The number of aromatic nitrogens is 1. The van der Waals surface area contributed by atoms with Crippen LogP contribution in [-0.4, -0.2) is 23.4 Å². The van der Waals surface area contributed by atoms with Gasteiger partial charge in [-0.25, -0.2) is 13.8 Å². The summed E-state index contributed by atoms with van der Waals surface area (Å²) >= 11 is 0. The Labute approximate surface area is 110 Å². The van der Waals surface area contributed by atoms with Crippen molar-refractivity contribution in [3.8, 4) is 5.75 Å². The van der Waals surface area contributed by atoms with Gasteiger partial charge in [-0.1, -0.05) is 0 Å². The van der Waals surface area contributed by atoms with Gasteiger partial charge in [0.05, 0.1) is 12.6 Å². The van der Waals surface area contributed by atoms with Crippen molar-refractivity contribution < 1.29 is 18.7 Å². The van der Waals surface area contributed by atoms with Crippen LogP contribution in [0, 0.1) is 5.82 Å². The molecule has 0 N–H and O–H groups in total. The topological polar surface area (TPSA) is 40.5 Å². The summed E-state index contributed by atoms with van der Waals surface area (Å²) in [4.78, 5) is 11.5. The Morgan fingerprint density at radius 1 is 1.32 bits per heavy atom. The zero-order valence-corrected chi connectivity index (χ0v) is 11.4. The Morgan fingerprint density at radius 2 is 2.00 bits per heavy atom. The van der Waals surface area contributed by atoms with Crippen molar-refractivity contribution in [1.29, 1.82) is 0 Å². The number of rotatable bonds is 1. The molecule has 0 spiro atoms. The summed E-state index contributed by atoms with van der Waals surface area (Å²) in [6, 6.07) is 4.61. The van der Waals surface area contributed by atoms with E-state index in [2.05, 4.69) is 4.74 Å². The van der Waals surface area contributed by atoms with Crippen LogP contribution in [0.2, 0.25) is 0 Å². The third kappa shape index (κ3) is 2.70. The second-order valence-electron chi connectivity index (χ2n) is 5.21. The maximum Gasteiger partial charge on any atom is 0.418 e. The van der Waals surface area contributed by atoms with Crippen LogP contribution in [0.3, 0.4) is 0 Å². The Kier molecular flexibility index (Phi) is 3.22. The molecule has 1 heterocycles. The van der Waals surface area contributed by atoms with Gasteiger partial charge in [-0.2, -0.15) is 0 Å². The van der Waals surface area contributed by atoms with Crippen LogP contribution in [0.5, 0.6) is 5.75 Å². The van der Waals surface area contributed by atoms with Gasteiger partial charge in [0.2, 0.25) is 0 Å². The number of hydrogen-bond acceptors (Lipinski definition) is 3. The summed E-state index contributed by atoms with van der Waals surface area (Å²) in [6.07, 6.45) is 0.846. The quantitative estimate of drug-likeness (QED) is 0.791. The largest absolute Gasteiger partial charge is 0.488 e. The summed E-state index contributed by atoms with van der Waals surface area (Å²) in [6.45, 7) is 5.65. The van der Waals surface area contributed by atoms with Gasteiger partial charge in [-0.15, -0.1) is 0 Å². The highest BCUT2D eigenvalue weighted by molar-refractivity contribution is 5.90. The lowest BCUT2D eigenvalue weighted by Crippen LogP contribution is -2.23. The van der Waals surface area contributed by atoms with E-state index >= 15 is 0 Å². The maximum absolute atomic E-state index is 14.1. The number of halogens is 1. The predicted molar refractivity (Wildman–Crippen MR) is 70.1 cm³/mol. The van der Waals surface area contributed by atoms with Crippen molar-refractivity contribution in [2.45, 2.75) is 26.4 Å². The van der Waals surface area contributed by atoms with E-state index in [9.17, 15) is 9.18 Å². The van der Waals surface area contributed by atoms with Crippen LogP contribution in [0.25, 0.3) is 10.9 Å². The summed E-state index contributed by atoms with van der Waals surface area (Å²) in [5.41, 5.74) is -0.224. The maximum atomic E-state index is 14.1. The molecule has 0 fully saturated rings. The molecule has 1 aromatic heterocycles. The van der Waals surface area contributed by atoms with E-state index in [1.54, 1.807) is 12.1 Å². The van der Waals surface area contributed by atoms with Crippen molar-refractivity contribution in [3.05, 3.63) is 30.2 Å². The first kappa shape index (κ1) is 13.4. The summed E-state index contributed by atoms with van der Waals surface area (Å²) in [7, 11) is 1.25. The highest BCUT2D eigenvalue weighted by atomic mass is 19.1. The molecule has 0 unspecified atom stereocenters. The van der Waals surface area contributed by atoms with Crippen molar-refractivity contribution >= 4 is 17.0 Å². The van der Waals surface area contributed by atoms with E-state index in [0.29, 0.717) is 11.1 Å². The van der Waals surface area contributed by atoms with Crippen LogP contribution < -0.4 is 4.74 Å². The Balaban J connectivity index is 2.52. The number of carbonyl (C=O) groups is 1. The first-order chi connectivity index (χ1) is 8.81. The third-order valence-electron chi connectivity index (χ3n) is 2.51. The molecule has 2 rings (SSSR count). The fraction of sp³-hybridized carbons (Fsp3) is 0.357. The zero-order chi connectivity index (χ0) is 14.2. The van der Waals surface area contributed by atoms with Crippen LogP contribution in [0.15, 0.2) is 24.4 Å². The van der Waals surface area contributed by atoms with Gasteiger partial charge in [0.15, 0.2) is 5.82 Å². The molecule has 0 saturated carbocycles. The lowest BCUT2D eigenvalue weighted by molar-refractivity contribution is 0.130. The lowest BCUT2D eigenvalue weighted by Gasteiger charge is -2.21. The van der Waals surface area contributed by atoms with E-state index in [1.807, 2.05) is 20.8 Å². The molecule has 0 radical (unpaired) electrons. The summed E-state index contributed by atoms with van der Waals surface area (Å²) < 4.78 is 25.5. The van der Waals surface area contributed by atoms with E-state index in [0.717, 1.165) is 4.57 Å². The van der Waals surface area contributed by atoms with Gasteiger partial charge < -0.3 is 9.47 Å². The highest BCUT2D eigenvalue weighted by Gasteiger charge is 2.17. The second-order valence-corrected chi connectivity index (χ2v) is 5.21. The van der Waals surface area contributed by atoms with Gasteiger partial charge >= 0.3 is 6.09 Å². The van der Waals surface area contributed by atoms with E-state index in [1.165, 1.54) is 19.4 Å². The van der Waals surface area contributed by atoms with Crippen LogP contribution in [-0.2, 0) is 4.74 Å². The zero-order valence-electron chi connectivity index (χ0n) is 11.4. The van der Waals surface area contributed by atoms with E-state index in [-0.39, 0.29) is 5.52 Å². The molecule has 2 aromatic rings. The van der Waals surface area contributed by atoms with Gasteiger partial charge in [-0.05, 0) is 32.9 Å². The SMILES string of the molecule is COC(=O)n1ccc2cc(OC(C)(C)C)cc(F)c21. The molecule has 4 nitrogen and oxygen atoms in total. The second kappa shape index (κ2) is 4.57.